The zero-order valence-electron chi connectivity index (χ0n) is 13.9. The van der Waals surface area contributed by atoms with Crippen molar-refractivity contribution in [2.24, 2.45) is 0 Å². The van der Waals surface area contributed by atoms with Gasteiger partial charge < -0.3 is 4.74 Å². The number of hydrogen-bond acceptors (Lipinski definition) is 5. The van der Waals surface area contributed by atoms with Gasteiger partial charge in [0.2, 0.25) is 5.88 Å². The lowest BCUT2D eigenvalue weighted by molar-refractivity contribution is 0.307. The number of ether oxygens (including phenoxy) is 1. The molecule has 4 nitrogen and oxygen atoms in total. The van der Waals surface area contributed by atoms with Crippen LogP contribution >= 0.6 is 11.3 Å². The van der Waals surface area contributed by atoms with Gasteiger partial charge in [0.05, 0.1) is 6.61 Å². The van der Waals surface area contributed by atoms with Crippen LogP contribution in [0.5, 0.6) is 5.88 Å². The van der Waals surface area contributed by atoms with E-state index in [4.69, 9.17) is 4.74 Å². The van der Waals surface area contributed by atoms with Crippen molar-refractivity contribution in [2.75, 3.05) is 6.61 Å². The molecule has 3 heterocycles. The lowest BCUT2D eigenvalue weighted by atomic mass is 10.2. The minimum absolute atomic E-state index is 0.468. The van der Waals surface area contributed by atoms with Gasteiger partial charge in [0.15, 0.2) is 5.69 Å². The van der Waals surface area contributed by atoms with Gasteiger partial charge in [-0.2, -0.15) is 0 Å². The van der Waals surface area contributed by atoms with Crippen LogP contribution in [-0.4, -0.2) is 21.6 Å². The van der Waals surface area contributed by atoms with Crippen molar-refractivity contribution >= 4 is 22.4 Å². The molecule has 0 N–H and O–H groups in total. The topological polar surface area (TPSA) is 47.9 Å². The molecule has 0 unspecified atom stereocenters. The maximum atomic E-state index is 5.90. The molecule has 5 heteroatoms. The lowest BCUT2D eigenvalue weighted by Gasteiger charge is -2.07. The van der Waals surface area contributed by atoms with Crippen LogP contribution in [0.1, 0.15) is 17.0 Å². The van der Waals surface area contributed by atoms with E-state index in [-0.39, 0.29) is 0 Å². The molecule has 0 aliphatic carbocycles. The molecule has 3 aromatic heterocycles. The fraction of sp³-hybridized carbons (Fsp3) is 0.0952. The number of rotatable bonds is 4. The third-order valence-electron chi connectivity index (χ3n) is 3.70. The Morgan fingerprint density at radius 1 is 0.885 bits per heavy atom. The standard InChI is InChI=1S/C21H15N3OS/c1-2-6-16(7-3-1)9-10-18-21(24-20-15-26-14-19(20)23-18)25-13-11-17-8-4-5-12-22-17/h1-8,12,14-15H,11,13H2. The summed E-state index contributed by atoms with van der Waals surface area (Å²) in [5.74, 6) is 6.69. The minimum atomic E-state index is 0.468. The molecule has 126 valence electrons. The summed E-state index contributed by atoms with van der Waals surface area (Å²) in [5, 5.41) is 3.93. The molecule has 0 aliphatic rings. The van der Waals surface area contributed by atoms with E-state index in [0.717, 1.165) is 22.3 Å². The quantitative estimate of drug-likeness (QED) is 0.516. The molecule has 0 radical (unpaired) electrons. The van der Waals surface area contributed by atoms with Gasteiger partial charge in [0, 0.05) is 34.6 Å². The Labute approximate surface area is 155 Å². The van der Waals surface area contributed by atoms with E-state index in [9.17, 15) is 0 Å². The smallest absolute Gasteiger partial charge is 0.249 e. The third kappa shape index (κ3) is 3.88. The molecule has 0 saturated heterocycles. The van der Waals surface area contributed by atoms with Crippen LogP contribution in [0.2, 0.25) is 0 Å². The van der Waals surface area contributed by atoms with E-state index >= 15 is 0 Å². The first-order valence-corrected chi connectivity index (χ1v) is 9.16. The molecule has 0 spiro atoms. The molecule has 0 atom stereocenters. The summed E-state index contributed by atoms with van der Waals surface area (Å²) < 4.78 is 5.90. The Bertz CT molecular complexity index is 1070. The summed E-state index contributed by atoms with van der Waals surface area (Å²) in [4.78, 5) is 13.5. The summed E-state index contributed by atoms with van der Waals surface area (Å²) in [6.45, 7) is 0.474. The first kappa shape index (κ1) is 16.2. The van der Waals surface area contributed by atoms with E-state index in [0.29, 0.717) is 24.6 Å². The second-order valence-electron chi connectivity index (χ2n) is 5.56. The van der Waals surface area contributed by atoms with Crippen molar-refractivity contribution in [3.8, 4) is 17.7 Å². The van der Waals surface area contributed by atoms with Gasteiger partial charge in [-0.3, -0.25) is 4.98 Å². The molecule has 26 heavy (non-hydrogen) atoms. The maximum absolute atomic E-state index is 5.90. The van der Waals surface area contributed by atoms with Gasteiger partial charge in [-0.05, 0) is 30.2 Å². The van der Waals surface area contributed by atoms with Crippen molar-refractivity contribution < 1.29 is 4.74 Å². The Hall–Kier alpha value is -3.23. The summed E-state index contributed by atoms with van der Waals surface area (Å²) in [7, 11) is 0. The predicted molar refractivity (Wildman–Crippen MR) is 103 cm³/mol. The van der Waals surface area contributed by atoms with E-state index in [2.05, 4.69) is 26.8 Å². The second kappa shape index (κ2) is 7.77. The highest BCUT2D eigenvalue weighted by Gasteiger charge is 2.09. The van der Waals surface area contributed by atoms with Crippen molar-refractivity contribution in [1.29, 1.82) is 0 Å². The lowest BCUT2D eigenvalue weighted by Crippen LogP contribution is -2.06. The zero-order valence-corrected chi connectivity index (χ0v) is 14.7. The minimum Gasteiger partial charge on any atom is -0.475 e. The fourth-order valence-electron chi connectivity index (χ4n) is 2.41. The van der Waals surface area contributed by atoms with Gasteiger partial charge in [-0.25, -0.2) is 9.97 Å². The molecule has 4 aromatic rings. The first-order chi connectivity index (χ1) is 12.9. The van der Waals surface area contributed by atoms with Crippen LogP contribution in [0.15, 0.2) is 65.5 Å². The highest BCUT2D eigenvalue weighted by Crippen LogP contribution is 2.21. The average Bonchev–Trinajstić information content (AvgIpc) is 3.15. The van der Waals surface area contributed by atoms with Gasteiger partial charge >= 0.3 is 0 Å². The number of aromatic nitrogens is 3. The molecule has 0 aliphatic heterocycles. The van der Waals surface area contributed by atoms with Gasteiger partial charge in [0.1, 0.15) is 11.0 Å². The molecular weight excluding hydrogens is 342 g/mol. The normalized spacial score (nSPS) is 10.3. The molecular formula is C21H15N3OS. The summed E-state index contributed by atoms with van der Waals surface area (Å²) in [6.07, 6.45) is 2.49. The monoisotopic (exact) mass is 357 g/mol. The number of benzene rings is 1. The van der Waals surface area contributed by atoms with Crippen molar-refractivity contribution in [3.63, 3.8) is 0 Å². The van der Waals surface area contributed by atoms with Gasteiger partial charge in [-0.15, -0.1) is 11.3 Å². The van der Waals surface area contributed by atoms with Crippen LogP contribution in [0.4, 0.5) is 0 Å². The first-order valence-electron chi connectivity index (χ1n) is 8.22. The van der Waals surface area contributed by atoms with E-state index in [1.54, 1.807) is 17.5 Å². The summed E-state index contributed by atoms with van der Waals surface area (Å²) >= 11 is 1.57. The molecule has 4 rings (SSSR count). The van der Waals surface area contributed by atoms with Crippen molar-refractivity contribution in [2.45, 2.75) is 6.42 Å². The SMILES string of the molecule is C(#Cc1nc2cscc2nc1OCCc1ccccn1)c1ccccc1. The Morgan fingerprint density at radius 2 is 1.69 bits per heavy atom. The second-order valence-corrected chi connectivity index (χ2v) is 6.30. The summed E-state index contributed by atoms with van der Waals surface area (Å²) in [6, 6.07) is 15.7. The highest BCUT2D eigenvalue weighted by atomic mass is 32.1. The van der Waals surface area contributed by atoms with Crippen molar-refractivity contribution in [1.82, 2.24) is 15.0 Å². The van der Waals surface area contributed by atoms with E-state index in [1.165, 1.54) is 0 Å². The molecule has 0 bridgehead atoms. The van der Waals surface area contributed by atoms with Gasteiger partial charge in [0.25, 0.3) is 0 Å². The third-order valence-corrected chi connectivity index (χ3v) is 4.42. The number of thiophene rings is 1. The van der Waals surface area contributed by atoms with Crippen LogP contribution < -0.4 is 4.74 Å². The summed E-state index contributed by atoms with van der Waals surface area (Å²) in [5.41, 5.74) is 4.13. The number of fused-ring (bicyclic) bond motifs is 1. The largest absolute Gasteiger partial charge is 0.475 e. The van der Waals surface area contributed by atoms with Crippen LogP contribution in [-0.2, 0) is 6.42 Å². The zero-order chi connectivity index (χ0) is 17.6. The van der Waals surface area contributed by atoms with E-state index < -0.39 is 0 Å². The van der Waals surface area contributed by atoms with Crippen LogP contribution in [0.25, 0.3) is 11.0 Å². The van der Waals surface area contributed by atoms with E-state index in [1.807, 2.05) is 59.3 Å². The van der Waals surface area contributed by atoms with Crippen LogP contribution in [0.3, 0.4) is 0 Å². The number of nitrogens with zero attached hydrogens (tertiary/aromatic N) is 3. The Morgan fingerprint density at radius 3 is 2.50 bits per heavy atom. The predicted octanol–water partition coefficient (Wildman–Crippen LogP) is 4.11. The molecule has 0 saturated carbocycles. The maximum Gasteiger partial charge on any atom is 0.249 e. The molecule has 1 aromatic carbocycles. The molecule has 0 amide bonds. The van der Waals surface area contributed by atoms with Crippen molar-refractivity contribution in [3.05, 3.63) is 82.4 Å². The average molecular weight is 357 g/mol. The highest BCUT2D eigenvalue weighted by molar-refractivity contribution is 7.09. The Balaban J connectivity index is 1.59. The fourth-order valence-corrected chi connectivity index (χ4v) is 3.09. The molecule has 0 fully saturated rings. The Kier molecular flexibility index (Phi) is 4.86. The van der Waals surface area contributed by atoms with Crippen LogP contribution in [0, 0.1) is 11.8 Å². The van der Waals surface area contributed by atoms with Gasteiger partial charge in [-0.1, -0.05) is 30.2 Å². The number of hydrogen-bond donors (Lipinski definition) is 0. The number of pyridine rings is 1.